The topological polar surface area (TPSA) is 44.4 Å². The molecule has 20 heavy (non-hydrogen) atoms. The van der Waals surface area contributed by atoms with Gasteiger partial charge in [0.15, 0.2) is 0 Å². The molecule has 116 valence electrons. The minimum Gasteiger partial charge on any atom is -0.352 e. The average molecular weight is 293 g/mol. The van der Waals surface area contributed by atoms with E-state index in [1.54, 1.807) is 6.92 Å². The Morgan fingerprint density at radius 3 is 2.30 bits per heavy atom. The maximum Gasteiger partial charge on any atom is 0.401 e. The fraction of sp³-hybridized carbons (Fsp3) is 0.923. The second-order valence-electron chi connectivity index (χ2n) is 5.84. The Labute approximate surface area is 117 Å². The van der Waals surface area contributed by atoms with Crippen LogP contribution in [-0.2, 0) is 4.79 Å². The quantitative estimate of drug-likeness (QED) is 0.802. The summed E-state index contributed by atoms with van der Waals surface area (Å²) in [5.41, 5.74) is 0. The summed E-state index contributed by atoms with van der Waals surface area (Å²) in [6, 6.07) is 0.176. The Hall–Kier alpha value is -0.820. The van der Waals surface area contributed by atoms with Gasteiger partial charge in [0, 0.05) is 12.1 Å². The van der Waals surface area contributed by atoms with E-state index in [1.165, 1.54) is 4.90 Å². The lowest BCUT2D eigenvalue weighted by molar-refractivity contribution is -0.148. The predicted octanol–water partition coefficient (Wildman–Crippen LogP) is 1.27. The van der Waals surface area contributed by atoms with Crippen LogP contribution in [0.25, 0.3) is 0 Å². The number of halogens is 3. The third-order valence-corrected chi connectivity index (χ3v) is 3.79. The lowest BCUT2D eigenvalue weighted by Gasteiger charge is -2.34. The maximum atomic E-state index is 12.3. The number of carbonyl (C=O) groups excluding carboxylic acids is 1. The van der Waals surface area contributed by atoms with Crippen molar-refractivity contribution >= 4 is 5.91 Å². The summed E-state index contributed by atoms with van der Waals surface area (Å²) in [5.74, 6) is -0.00905. The van der Waals surface area contributed by atoms with Crippen molar-refractivity contribution < 1.29 is 18.0 Å². The summed E-state index contributed by atoms with van der Waals surface area (Å²) in [5, 5.41) is 6.14. The van der Waals surface area contributed by atoms with E-state index in [9.17, 15) is 18.0 Å². The molecule has 7 heteroatoms. The van der Waals surface area contributed by atoms with E-state index in [0.29, 0.717) is 32.0 Å². The summed E-state index contributed by atoms with van der Waals surface area (Å²) in [7, 11) is 0. The lowest BCUT2D eigenvalue weighted by atomic mass is 10.0. The van der Waals surface area contributed by atoms with E-state index < -0.39 is 12.7 Å². The Morgan fingerprint density at radius 1 is 1.20 bits per heavy atom. The highest BCUT2D eigenvalue weighted by Crippen LogP contribution is 2.20. The number of piperidine rings is 1. The van der Waals surface area contributed by atoms with E-state index in [-0.39, 0.29) is 18.0 Å². The second-order valence-corrected chi connectivity index (χ2v) is 5.84. The Balaban J connectivity index is 1.66. The van der Waals surface area contributed by atoms with Gasteiger partial charge in [0.05, 0.1) is 12.6 Å². The minimum atomic E-state index is -4.13. The molecular weight excluding hydrogens is 271 g/mol. The zero-order valence-electron chi connectivity index (χ0n) is 11.7. The highest BCUT2D eigenvalue weighted by Gasteiger charge is 2.33. The van der Waals surface area contributed by atoms with Crippen LogP contribution in [0.15, 0.2) is 0 Å². The van der Waals surface area contributed by atoms with Gasteiger partial charge >= 0.3 is 6.18 Å². The summed E-state index contributed by atoms with van der Waals surface area (Å²) in [4.78, 5) is 13.2. The molecule has 0 aromatic rings. The molecule has 1 amide bonds. The van der Waals surface area contributed by atoms with Gasteiger partial charge in [-0.25, -0.2) is 0 Å². The molecular formula is C13H22F3N3O. The van der Waals surface area contributed by atoms with Crippen molar-refractivity contribution in [2.24, 2.45) is 0 Å². The molecule has 2 aliphatic rings. The fourth-order valence-electron chi connectivity index (χ4n) is 2.49. The van der Waals surface area contributed by atoms with Crippen LogP contribution in [-0.4, -0.2) is 54.7 Å². The Bertz CT molecular complexity index is 336. The zero-order valence-corrected chi connectivity index (χ0v) is 11.7. The molecule has 1 saturated heterocycles. The van der Waals surface area contributed by atoms with E-state index >= 15 is 0 Å². The number of likely N-dealkylation sites (tertiary alicyclic amines) is 1. The maximum absolute atomic E-state index is 12.3. The van der Waals surface area contributed by atoms with Crippen LogP contribution in [0.4, 0.5) is 13.2 Å². The molecule has 1 saturated carbocycles. The predicted molar refractivity (Wildman–Crippen MR) is 69.3 cm³/mol. The van der Waals surface area contributed by atoms with Gasteiger partial charge in [-0.2, -0.15) is 13.2 Å². The molecule has 0 aromatic carbocycles. The Morgan fingerprint density at radius 2 is 1.80 bits per heavy atom. The number of hydrogen-bond acceptors (Lipinski definition) is 3. The number of rotatable bonds is 5. The standard InChI is InChI=1S/C13H22F3N3O/c1-9(12(20)18-10-2-3-10)17-11-4-6-19(7-5-11)8-13(14,15)16/h9-11,17H,2-8H2,1H3,(H,18,20). The van der Waals surface area contributed by atoms with Crippen LogP contribution in [0.3, 0.4) is 0 Å². The molecule has 0 radical (unpaired) electrons. The first kappa shape index (κ1) is 15.6. The average Bonchev–Trinajstić information content (AvgIpc) is 3.13. The van der Waals surface area contributed by atoms with Gasteiger partial charge in [-0.3, -0.25) is 9.69 Å². The molecule has 0 aromatic heterocycles. The molecule has 1 atom stereocenters. The van der Waals surface area contributed by atoms with Crippen molar-refractivity contribution in [3.8, 4) is 0 Å². The van der Waals surface area contributed by atoms with Crippen molar-refractivity contribution in [2.75, 3.05) is 19.6 Å². The molecule has 2 rings (SSSR count). The minimum absolute atomic E-state index is 0.00905. The van der Waals surface area contributed by atoms with Crippen molar-refractivity contribution in [1.82, 2.24) is 15.5 Å². The number of amides is 1. The van der Waals surface area contributed by atoms with E-state index in [4.69, 9.17) is 0 Å². The van der Waals surface area contributed by atoms with Crippen molar-refractivity contribution in [3.63, 3.8) is 0 Å². The van der Waals surface area contributed by atoms with E-state index in [2.05, 4.69) is 10.6 Å². The van der Waals surface area contributed by atoms with Crippen LogP contribution in [0.5, 0.6) is 0 Å². The van der Waals surface area contributed by atoms with Gasteiger partial charge in [-0.05, 0) is 45.7 Å². The third kappa shape index (κ3) is 5.28. The molecule has 1 unspecified atom stereocenters. The highest BCUT2D eigenvalue weighted by atomic mass is 19.4. The zero-order chi connectivity index (χ0) is 14.8. The third-order valence-electron chi connectivity index (χ3n) is 3.79. The summed E-state index contributed by atoms with van der Waals surface area (Å²) in [6.07, 6.45) is -0.728. The number of hydrogen-bond donors (Lipinski definition) is 2. The van der Waals surface area contributed by atoms with Crippen LogP contribution in [0, 0.1) is 0 Å². The summed E-state index contributed by atoms with van der Waals surface area (Å²) >= 11 is 0. The van der Waals surface area contributed by atoms with E-state index in [0.717, 1.165) is 12.8 Å². The molecule has 1 aliphatic heterocycles. The van der Waals surface area contributed by atoms with Crippen LogP contribution >= 0.6 is 0 Å². The van der Waals surface area contributed by atoms with Crippen LogP contribution in [0.1, 0.15) is 32.6 Å². The first-order valence-electron chi connectivity index (χ1n) is 7.19. The number of carbonyl (C=O) groups is 1. The SMILES string of the molecule is CC(NC1CCN(CC(F)(F)F)CC1)C(=O)NC1CC1. The molecule has 0 spiro atoms. The largest absolute Gasteiger partial charge is 0.401 e. The number of nitrogens with zero attached hydrogens (tertiary/aromatic N) is 1. The Kier molecular flexibility index (Phi) is 4.90. The monoisotopic (exact) mass is 293 g/mol. The van der Waals surface area contributed by atoms with Gasteiger partial charge < -0.3 is 10.6 Å². The van der Waals surface area contributed by atoms with Gasteiger partial charge in [0.1, 0.15) is 0 Å². The molecule has 2 fully saturated rings. The fourth-order valence-corrected chi connectivity index (χ4v) is 2.49. The summed E-state index contributed by atoms with van der Waals surface area (Å²) < 4.78 is 36.8. The van der Waals surface area contributed by atoms with Crippen LogP contribution in [0.2, 0.25) is 0 Å². The van der Waals surface area contributed by atoms with Gasteiger partial charge in [-0.15, -0.1) is 0 Å². The van der Waals surface area contributed by atoms with Crippen molar-refractivity contribution in [2.45, 2.75) is 56.9 Å². The first-order valence-corrected chi connectivity index (χ1v) is 7.19. The summed E-state index contributed by atoms with van der Waals surface area (Å²) in [6.45, 7) is 1.82. The van der Waals surface area contributed by atoms with Gasteiger partial charge in [0.25, 0.3) is 0 Å². The van der Waals surface area contributed by atoms with Crippen LogP contribution < -0.4 is 10.6 Å². The smallest absolute Gasteiger partial charge is 0.352 e. The van der Waals surface area contributed by atoms with Gasteiger partial charge in [-0.1, -0.05) is 0 Å². The molecule has 1 heterocycles. The molecule has 2 N–H and O–H groups in total. The lowest BCUT2D eigenvalue weighted by Crippen LogP contribution is -2.51. The highest BCUT2D eigenvalue weighted by molar-refractivity contribution is 5.81. The normalized spacial score (nSPS) is 23.6. The number of alkyl halides is 3. The molecule has 0 bridgehead atoms. The second kappa shape index (κ2) is 6.30. The number of nitrogens with one attached hydrogen (secondary N) is 2. The van der Waals surface area contributed by atoms with E-state index in [1.807, 2.05) is 0 Å². The first-order chi connectivity index (χ1) is 9.33. The van der Waals surface area contributed by atoms with Crippen molar-refractivity contribution in [1.29, 1.82) is 0 Å². The molecule has 1 aliphatic carbocycles. The van der Waals surface area contributed by atoms with Crippen molar-refractivity contribution in [3.05, 3.63) is 0 Å². The molecule has 4 nitrogen and oxygen atoms in total. The van der Waals surface area contributed by atoms with Gasteiger partial charge in [0.2, 0.25) is 5.91 Å².